The second-order valence-corrected chi connectivity index (χ2v) is 5.27. The first-order chi connectivity index (χ1) is 9.95. The first kappa shape index (κ1) is 15.2. The Balaban J connectivity index is 2.30. The van der Waals surface area contributed by atoms with Crippen molar-refractivity contribution in [1.82, 2.24) is 4.90 Å². The predicted octanol–water partition coefficient (Wildman–Crippen LogP) is 2.42. The number of carbonyl (C=O) groups is 3. The van der Waals surface area contributed by atoms with Crippen LogP contribution in [-0.2, 0) is 14.3 Å². The van der Waals surface area contributed by atoms with Crippen molar-refractivity contribution < 1.29 is 23.5 Å². The Kier molecular flexibility index (Phi) is 4.42. The van der Waals surface area contributed by atoms with E-state index in [0.29, 0.717) is 11.8 Å². The molecule has 21 heavy (non-hydrogen) atoms. The molecule has 0 aromatic heterocycles. The summed E-state index contributed by atoms with van der Waals surface area (Å²) in [6, 6.07) is 4.88. The van der Waals surface area contributed by atoms with E-state index < -0.39 is 29.0 Å². The van der Waals surface area contributed by atoms with Crippen molar-refractivity contribution in [3.8, 4) is 0 Å². The fourth-order valence-electron chi connectivity index (χ4n) is 1.82. The van der Waals surface area contributed by atoms with Gasteiger partial charge >= 0.3 is 5.97 Å². The summed E-state index contributed by atoms with van der Waals surface area (Å²) in [5.74, 6) is -1.82. The summed E-state index contributed by atoms with van der Waals surface area (Å²) in [7, 11) is 1.17. The summed E-state index contributed by atoms with van der Waals surface area (Å²) in [6.07, 6.45) is 1.30. The van der Waals surface area contributed by atoms with Crippen molar-refractivity contribution in [3.05, 3.63) is 40.6 Å². The van der Waals surface area contributed by atoms with Gasteiger partial charge in [-0.25, -0.2) is 9.18 Å². The average Bonchev–Trinajstić information content (AvgIpc) is 2.74. The number of amides is 2. The summed E-state index contributed by atoms with van der Waals surface area (Å²) in [4.78, 5) is 36.4. The average molecular weight is 309 g/mol. The van der Waals surface area contributed by atoms with E-state index in [1.54, 1.807) is 6.07 Å². The Morgan fingerprint density at radius 3 is 2.67 bits per heavy atom. The molecule has 5 nitrogen and oxygen atoms in total. The molecule has 2 rings (SSSR count). The van der Waals surface area contributed by atoms with Crippen LogP contribution in [0.25, 0.3) is 6.08 Å². The van der Waals surface area contributed by atoms with Crippen LogP contribution < -0.4 is 0 Å². The Hall–Kier alpha value is -2.15. The molecule has 1 heterocycles. The Morgan fingerprint density at radius 1 is 1.38 bits per heavy atom. The topological polar surface area (TPSA) is 63.7 Å². The van der Waals surface area contributed by atoms with Gasteiger partial charge < -0.3 is 4.74 Å². The number of ether oxygens (including phenoxy) is 1. The number of nitrogens with zero attached hydrogens (tertiary/aromatic N) is 1. The number of carbonyl (C=O) groups excluding carboxylic acids is 3. The van der Waals surface area contributed by atoms with Gasteiger partial charge in [-0.15, -0.1) is 0 Å². The fourth-order valence-corrected chi connectivity index (χ4v) is 2.72. The molecule has 1 atom stereocenters. The highest BCUT2D eigenvalue weighted by Crippen LogP contribution is 2.34. The highest BCUT2D eigenvalue weighted by Gasteiger charge is 2.41. The molecular weight excluding hydrogens is 297 g/mol. The molecular formula is C14H12FNO4S. The number of benzene rings is 1. The predicted molar refractivity (Wildman–Crippen MR) is 75.7 cm³/mol. The van der Waals surface area contributed by atoms with E-state index in [1.807, 2.05) is 0 Å². The summed E-state index contributed by atoms with van der Waals surface area (Å²) < 4.78 is 18.1. The SMILES string of the molecule is COC(=O)[C@H](C)N1C(=O)SC(=Cc2ccccc2F)C1=O. The maximum Gasteiger partial charge on any atom is 0.328 e. The minimum absolute atomic E-state index is 0.0702. The molecule has 0 unspecified atom stereocenters. The number of imide groups is 1. The molecule has 2 amide bonds. The van der Waals surface area contributed by atoms with Gasteiger partial charge in [0.25, 0.3) is 11.1 Å². The number of halogens is 1. The second kappa shape index (κ2) is 6.09. The highest BCUT2D eigenvalue weighted by atomic mass is 32.2. The molecule has 0 saturated carbocycles. The normalized spacial score (nSPS) is 18.2. The summed E-state index contributed by atoms with van der Waals surface area (Å²) in [5.41, 5.74) is 0.203. The largest absolute Gasteiger partial charge is 0.467 e. The summed E-state index contributed by atoms with van der Waals surface area (Å²) in [5, 5.41) is -0.583. The minimum atomic E-state index is -1.02. The fraction of sp³-hybridized carbons (Fsp3) is 0.214. The first-order valence-electron chi connectivity index (χ1n) is 6.05. The number of hydrogen-bond donors (Lipinski definition) is 0. The molecule has 1 fully saturated rings. The molecule has 0 aliphatic carbocycles. The van der Waals surface area contributed by atoms with Gasteiger partial charge in [0.1, 0.15) is 11.9 Å². The molecule has 0 spiro atoms. The van der Waals surface area contributed by atoms with Crippen LogP contribution in [0.5, 0.6) is 0 Å². The van der Waals surface area contributed by atoms with Gasteiger partial charge in [-0.3, -0.25) is 14.5 Å². The Bertz CT molecular complexity index is 644. The lowest BCUT2D eigenvalue weighted by Crippen LogP contribution is -2.42. The molecule has 0 radical (unpaired) electrons. The van der Waals surface area contributed by atoms with Crippen LogP contribution >= 0.6 is 11.8 Å². The lowest BCUT2D eigenvalue weighted by atomic mass is 10.2. The van der Waals surface area contributed by atoms with E-state index in [4.69, 9.17) is 0 Å². The van der Waals surface area contributed by atoms with Crippen molar-refractivity contribution in [1.29, 1.82) is 0 Å². The van der Waals surface area contributed by atoms with E-state index in [1.165, 1.54) is 38.3 Å². The molecule has 1 aliphatic heterocycles. The smallest absolute Gasteiger partial charge is 0.328 e. The number of esters is 1. The number of methoxy groups -OCH3 is 1. The zero-order valence-corrected chi connectivity index (χ0v) is 12.1. The van der Waals surface area contributed by atoms with Crippen molar-refractivity contribution in [3.63, 3.8) is 0 Å². The van der Waals surface area contributed by atoms with E-state index in [-0.39, 0.29) is 10.5 Å². The van der Waals surface area contributed by atoms with Gasteiger partial charge in [0.05, 0.1) is 12.0 Å². The molecule has 0 N–H and O–H groups in total. The number of thioether (sulfide) groups is 1. The third-order valence-corrected chi connectivity index (χ3v) is 3.83. The van der Waals surface area contributed by atoms with E-state index in [9.17, 15) is 18.8 Å². The first-order valence-corrected chi connectivity index (χ1v) is 6.86. The highest BCUT2D eigenvalue weighted by molar-refractivity contribution is 8.18. The minimum Gasteiger partial charge on any atom is -0.467 e. The van der Waals surface area contributed by atoms with Gasteiger partial charge in [0.2, 0.25) is 0 Å². The van der Waals surface area contributed by atoms with Gasteiger partial charge in [0.15, 0.2) is 0 Å². The van der Waals surface area contributed by atoms with Crippen molar-refractivity contribution in [2.45, 2.75) is 13.0 Å². The van der Waals surface area contributed by atoms with E-state index in [2.05, 4.69) is 4.74 Å². The zero-order valence-electron chi connectivity index (χ0n) is 11.3. The van der Waals surface area contributed by atoms with Crippen LogP contribution in [0.2, 0.25) is 0 Å². The third-order valence-electron chi connectivity index (χ3n) is 2.94. The van der Waals surface area contributed by atoms with Crippen molar-refractivity contribution in [2.75, 3.05) is 7.11 Å². The Morgan fingerprint density at radius 2 is 2.05 bits per heavy atom. The molecule has 1 aliphatic rings. The van der Waals surface area contributed by atoms with Crippen molar-refractivity contribution in [2.24, 2.45) is 0 Å². The lowest BCUT2D eigenvalue weighted by molar-refractivity contribution is -0.148. The number of hydrogen-bond acceptors (Lipinski definition) is 5. The molecule has 7 heteroatoms. The molecule has 1 aromatic rings. The van der Waals surface area contributed by atoms with Gasteiger partial charge in [-0.1, -0.05) is 18.2 Å². The van der Waals surface area contributed by atoms with E-state index in [0.717, 1.165) is 4.90 Å². The van der Waals surface area contributed by atoms with Crippen LogP contribution in [0.15, 0.2) is 29.2 Å². The standard InChI is InChI=1S/C14H12FNO4S/c1-8(13(18)20-2)16-12(17)11(21-14(16)19)7-9-5-3-4-6-10(9)15/h3-8H,1-2H3/t8-/m0/s1. The monoisotopic (exact) mass is 309 g/mol. The van der Waals surface area contributed by atoms with Crippen LogP contribution in [0, 0.1) is 5.82 Å². The summed E-state index contributed by atoms with van der Waals surface area (Å²) in [6.45, 7) is 1.40. The van der Waals surface area contributed by atoms with Crippen LogP contribution in [-0.4, -0.2) is 35.2 Å². The molecule has 0 bridgehead atoms. The summed E-state index contributed by atoms with van der Waals surface area (Å²) >= 11 is 0.666. The van der Waals surface area contributed by atoms with Gasteiger partial charge in [-0.2, -0.15) is 0 Å². The number of rotatable bonds is 3. The zero-order chi connectivity index (χ0) is 15.6. The Labute approximate surface area is 124 Å². The maximum atomic E-state index is 13.6. The maximum absolute atomic E-state index is 13.6. The van der Waals surface area contributed by atoms with Crippen molar-refractivity contribution >= 4 is 35.0 Å². The quantitative estimate of drug-likeness (QED) is 0.634. The molecule has 1 aromatic carbocycles. The third kappa shape index (κ3) is 2.97. The van der Waals surface area contributed by atoms with Gasteiger partial charge in [0, 0.05) is 5.56 Å². The van der Waals surface area contributed by atoms with E-state index >= 15 is 0 Å². The van der Waals surface area contributed by atoms with Gasteiger partial charge in [-0.05, 0) is 30.8 Å². The van der Waals surface area contributed by atoms with Crippen LogP contribution in [0.1, 0.15) is 12.5 Å². The molecule has 110 valence electrons. The van der Waals surface area contributed by atoms with Crippen LogP contribution in [0.3, 0.4) is 0 Å². The molecule has 1 saturated heterocycles. The lowest BCUT2D eigenvalue weighted by Gasteiger charge is -2.18. The van der Waals surface area contributed by atoms with Crippen LogP contribution in [0.4, 0.5) is 9.18 Å². The second-order valence-electron chi connectivity index (χ2n) is 4.27.